The number of pyridine rings is 1. The van der Waals surface area contributed by atoms with Crippen LogP contribution in [0.4, 0.5) is 0 Å². The molecule has 0 saturated carbocycles. The molecule has 1 aliphatic rings. The van der Waals surface area contributed by atoms with Gasteiger partial charge >= 0.3 is 0 Å². The van der Waals surface area contributed by atoms with E-state index in [9.17, 15) is 0 Å². The van der Waals surface area contributed by atoms with Gasteiger partial charge in [0.05, 0.1) is 7.11 Å². The van der Waals surface area contributed by atoms with E-state index < -0.39 is 0 Å². The van der Waals surface area contributed by atoms with Crippen molar-refractivity contribution in [3.05, 3.63) is 23.9 Å². The molecule has 1 saturated heterocycles. The fraction of sp³-hybridized carbons (Fsp3) is 0.583. The first-order chi connectivity index (χ1) is 7.29. The van der Waals surface area contributed by atoms with Gasteiger partial charge in [-0.15, -0.1) is 0 Å². The molecule has 0 unspecified atom stereocenters. The average Bonchev–Trinajstić information content (AvgIpc) is 2.29. The van der Waals surface area contributed by atoms with E-state index in [1.54, 1.807) is 7.11 Å². The van der Waals surface area contributed by atoms with E-state index in [4.69, 9.17) is 4.74 Å². The molecule has 0 aliphatic carbocycles. The van der Waals surface area contributed by atoms with Crippen molar-refractivity contribution >= 4 is 0 Å². The van der Waals surface area contributed by atoms with Gasteiger partial charge in [-0.1, -0.05) is 6.07 Å². The van der Waals surface area contributed by atoms with E-state index in [1.165, 1.54) is 24.9 Å². The van der Waals surface area contributed by atoms with Crippen molar-refractivity contribution in [1.82, 2.24) is 9.88 Å². The zero-order valence-corrected chi connectivity index (χ0v) is 9.44. The molecule has 1 aliphatic heterocycles. The molecule has 0 spiro atoms. The zero-order valence-electron chi connectivity index (χ0n) is 9.44. The first-order valence-electron chi connectivity index (χ1n) is 5.48. The summed E-state index contributed by atoms with van der Waals surface area (Å²) in [6, 6.07) is 4.08. The van der Waals surface area contributed by atoms with Crippen LogP contribution in [0.15, 0.2) is 18.3 Å². The predicted molar refractivity (Wildman–Crippen MR) is 60.3 cm³/mol. The number of methoxy groups -OCH3 is 1. The van der Waals surface area contributed by atoms with Crippen LogP contribution in [-0.4, -0.2) is 37.1 Å². The Balaban J connectivity index is 2.07. The maximum Gasteiger partial charge on any atom is 0.212 e. The average molecular weight is 206 g/mol. The van der Waals surface area contributed by atoms with Crippen LogP contribution < -0.4 is 4.74 Å². The second-order valence-electron chi connectivity index (χ2n) is 4.24. The highest BCUT2D eigenvalue weighted by Gasteiger charge is 2.18. The molecule has 1 fully saturated rings. The summed E-state index contributed by atoms with van der Waals surface area (Å²) < 4.78 is 5.06. The summed E-state index contributed by atoms with van der Waals surface area (Å²) in [6.07, 6.45) is 4.51. The van der Waals surface area contributed by atoms with Gasteiger partial charge in [0.1, 0.15) is 0 Å². The maximum atomic E-state index is 5.06. The predicted octanol–water partition coefficient (Wildman–Crippen LogP) is 1.90. The summed E-state index contributed by atoms with van der Waals surface area (Å²) in [6.45, 7) is 2.37. The molecule has 0 radical (unpaired) electrons. The molecule has 0 bridgehead atoms. The topological polar surface area (TPSA) is 25.4 Å². The SMILES string of the molecule is COc1ccc([C@H]2CCCN(C)C2)cn1. The van der Waals surface area contributed by atoms with Crippen molar-refractivity contribution < 1.29 is 4.74 Å². The van der Waals surface area contributed by atoms with Crippen molar-refractivity contribution in [3.8, 4) is 5.88 Å². The minimum Gasteiger partial charge on any atom is -0.481 e. The lowest BCUT2D eigenvalue weighted by atomic mass is 9.92. The highest BCUT2D eigenvalue weighted by Crippen LogP contribution is 2.26. The second kappa shape index (κ2) is 4.62. The summed E-state index contributed by atoms with van der Waals surface area (Å²) in [5, 5.41) is 0. The van der Waals surface area contributed by atoms with Crippen molar-refractivity contribution in [2.24, 2.45) is 0 Å². The van der Waals surface area contributed by atoms with Crippen LogP contribution in [0.25, 0.3) is 0 Å². The van der Waals surface area contributed by atoms with Gasteiger partial charge in [-0.2, -0.15) is 0 Å². The largest absolute Gasteiger partial charge is 0.481 e. The molecule has 3 nitrogen and oxygen atoms in total. The lowest BCUT2D eigenvalue weighted by Crippen LogP contribution is -2.30. The number of hydrogen-bond donors (Lipinski definition) is 0. The molecule has 0 aromatic carbocycles. The first-order valence-corrected chi connectivity index (χ1v) is 5.48. The fourth-order valence-electron chi connectivity index (χ4n) is 2.19. The molecule has 1 aromatic heterocycles. The van der Waals surface area contributed by atoms with Crippen LogP contribution in [0.3, 0.4) is 0 Å². The van der Waals surface area contributed by atoms with E-state index in [-0.39, 0.29) is 0 Å². The number of likely N-dealkylation sites (N-methyl/N-ethyl adjacent to an activating group) is 1. The lowest BCUT2D eigenvalue weighted by molar-refractivity contribution is 0.250. The fourth-order valence-corrected chi connectivity index (χ4v) is 2.19. The summed E-state index contributed by atoms with van der Waals surface area (Å²) >= 11 is 0. The van der Waals surface area contributed by atoms with Crippen LogP contribution in [0, 0.1) is 0 Å². The maximum absolute atomic E-state index is 5.06. The molecule has 82 valence electrons. The minimum absolute atomic E-state index is 0.641. The van der Waals surface area contributed by atoms with Gasteiger partial charge in [0.25, 0.3) is 0 Å². The normalized spacial score (nSPS) is 22.7. The molecule has 2 rings (SSSR count). The first kappa shape index (κ1) is 10.4. The zero-order chi connectivity index (χ0) is 10.7. The second-order valence-corrected chi connectivity index (χ2v) is 4.24. The number of rotatable bonds is 2. The Kier molecular flexibility index (Phi) is 3.21. The summed E-state index contributed by atoms with van der Waals surface area (Å²) in [5.74, 6) is 1.34. The Morgan fingerprint density at radius 3 is 2.93 bits per heavy atom. The van der Waals surface area contributed by atoms with Gasteiger partial charge < -0.3 is 9.64 Å². The van der Waals surface area contributed by atoms with Gasteiger partial charge in [-0.05, 0) is 37.9 Å². The number of likely N-dealkylation sites (tertiary alicyclic amines) is 1. The third kappa shape index (κ3) is 2.48. The third-order valence-corrected chi connectivity index (χ3v) is 3.06. The number of ether oxygens (including phenoxy) is 1. The van der Waals surface area contributed by atoms with Gasteiger partial charge in [0.15, 0.2) is 0 Å². The molecular formula is C12H18N2O. The van der Waals surface area contributed by atoms with Crippen LogP contribution in [0.2, 0.25) is 0 Å². The van der Waals surface area contributed by atoms with E-state index in [0.29, 0.717) is 11.8 Å². The standard InChI is InChI=1S/C12H18N2O/c1-14-7-3-4-11(9-14)10-5-6-12(15-2)13-8-10/h5-6,8,11H,3-4,7,9H2,1-2H3/t11-/m0/s1. The van der Waals surface area contributed by atoms with Crippen LogP contribution >= 0.6 is 0 Å². The lowest BCUT2D eigenvalue weighted by Gasteiger charge is -2.29. The molecule has 15 heavy (non-hydrogen) atoms. The number of nitrogens with zero attached hydrogens (tertiary/aromatic N) is 2. The third-order valence-electron chi connectivity index (χ3n) is 3.06. The van der Waals surface area contributed by atoms with Crippen molar-refractivity contribution in [3.63, 3.8) is 0 Å². The highest BCUT2D eigenvalue weighted by molar-refractivity contribution is 5.21. The van der Waals surface area contributed by atoms with Gasteiger partial charge in [0.2, 0.25) is 5.88 Å². The number of piperidine rings is 1. The monoisotopic (exact) mass is 206 g/mol. The molecule has 1 atom stereocenters. The van der Waals surface area contributed by atoms with Crippen molar-refractivity contribution in [2.45, 2.75) is 18.8 Å². The molecule has 0 amide bonds. The molecule has 2 heterocycles. The Labute approximate surface area is 91.1 Å². The quantitative estimate of drug-likeness (QED) is 0.739. The van der Waals surface area contributed by atoms with Crippen molar-refractivity contribution in [2.75, 3.05) is 27.2 Å². The number of hydrogen-bond acceptors (Lipinski definition) is 3. The molecule has 0 N–H and O–H groups in total. The van der Waals surface area contributed by atoms with Crippen molar-refractivity contribution in [1.29, 1.82) is 0 Å². The van der Waals surface area contributed by atoms with Crippen LogP contribution in [0.5, 0.6) is 5.88 Å². The van der Waals surface area contributed by atoms with Gasteiger partial charge in [0, 0.05) is 18.8 Å². The smallest absolute Gasteiger partial charge is 0.212 e. The van der Waals surface area contributed by atoms with Crippen LogP contribution in [-0.2, 0) is 0 Å². The van der Waals surface area contributed by atoms with E-state index in [1.807, 2.05) is 12.3 Å². The molecule has 3 heteroatoms. The minimum atomic E-state index is 0.641. The van der Waals surface area contributed by atoms with E-state index >= 15 is 0 Å². The Hall–Kier alpha value is -1.09. The van der Waals surface area contributed by atoms with E-state index in [0.717, 1.165) is 6.54 Å². The highest BCUT2D eigenvalue weighted by atomic mass is 16.5. The Morgan fingerprint density at radius 2 is 2.33 bits per heavy atom. The van der Waals surface area contributed by atoms with Crippen LogP contribution in [0.1, 0.15) is 24.3 Å². The molecule has 1 aromatic rings. The summed E-state index contributed by atoms with van der Waals surface area (Å²) in [7, 11) is 3.83. The Bertz CT molecular complexity index is 310. The van der Waals surface area contributed by atoms with E-state index in [2.05, 4.69) is 23.0 Å². The Morgan fingerprint density at radius 1 is 1.47 bits per heavy atom. The summed E-state index contributed by atoms with van der Waals surface area (Å²) in [4.78, 5) is 6.64. The molecular weight excluding hydrogens is 188 g/mol. The number of aromatic nitrogens is 1. The van der Waals surface area contributed by atoms with Gasteiger partial charge in [-0.25, -0.2) is 4.98 Å². The van der Waals surface area contributed by atoms with Gasteiger partial charge in [-0.3, -0.25) is 0 Å². The summed E-state index contributed by atoms with van der Waals surface area (Å²) in [5.41, 5.74) is 1.34.